The summed E-state index contributed by atoms with van der Waals surface area (Å²) < 4.78 is 5.11. The standard InChI is InChI=1S/C17H11ClO4/c18-12-8-6-11(7-9-12)16-13(15(20)17(21)22-16)14(19)10-4-2-1-3-5-10/h1-9,16,19H/t16-/m1/s1. The molecule has 3 rings (SSSR count). The Morgan fingerprint density at radius 2 is 1.64 bits per heavy atom. The van der Waals surface area contributed by atoms with E-state index in [0.29, 0.717) is 16.1 Å². The maximum Gasteiger partial charge on any atom is 0.380 e. The molecule has 0 spiro atoms. The van der Waals surface area contributed by atoms with Crippen LogP contribution in [0.5, 0.6) is 0 Å². The third kappa shape index (κ3) is 2.49. The number of ketones is 1. The Morgan fingerprint density at radius 3 is 2.27 bits per heavy atom. The van der Waals surface area contributed by atoms with E-state index < -0.39 is 17.9 Å². The molecule has 0 bridgehead atoms. The lowest BCUT2D eigenvalue weighted by Gasteiger charge is -2.12. The average Bonchev–Trinajstić information content (AvgIpc) is 2.84. The van der Waals surface area contributed by atoms with Crippen LogP contribution < -0.4 is 0 Å². The Morgan fingerprint density at radius 1 is 1.00 bits per heavy atom. The Labute approximate surface area is 131 Å². The molecule has 1 saturated heterocycles. The van der Waals surface area contributed by atoms with Crippen molar-refractivity contribution in [3.05, 3.63) is 76.3 Å². The molecule has 1 N–H and O–H groups in total. The second kappa shape index (κ2) is 5.66. The lowest BCUT2D eigenvalue weighted by Crippen LogP contribution is -2.08. The zero-order valence-electron chi connectivity index (χ0n) is 11.3. The first kappa shape index (κ1) is 14.4. The van der Waals surface area contributed by atoms with Gasteiger partial charge in [-0.1, -0.05) is 54.1 Å². The maximum atomic E-state index is 12.1. The fraction of sp³-hybridized carbons (Fsp3) is 0.0588. The molecule has 4 nitrogen and oxygen atoms in total. The van der Waals surface area contributed by atoms with Crippen LogP contribution in [0.1, 0.15) is 17.2 Å². The van der Waals surface area contributed by atoms with Crippen molar-refractivity contribution in [1.82, 2.24) is 0 Å². The van der Waals surface area contributed by atoms with E-state index in [1.807, 2.05) is 0 Å². The summed E-state index contributed by atoms with van der Waals surface area (Å²) in [4.78, 5) is 23.7. The van der Waals surface area contributed by atoms with Crippen LogP contribution in [0, 0.1) is 0 Å². The zero-order valence-corrected chi connectivity index (χ0v) is 12.1. The van der Waals surface area contributed by atoms with Crippen LogP contribution in [0.25, 0.3) is 5.76 Å². The lowest BCUT2D eigenvalue weighted by atomic mass is 9.97. The molecule has 0 unspecified atom stereocenters. The van der Waals surface area contributed by atoms with Gasteiger partial charge in [-0.25, -0.2) is 4.79 Å². The predicted octanol–water partition coefficient (Wildman–Crippen LogP) is 3.48. The van der Waals surface area contributed by atoms with E-state index in [9.17, 15) is 14.7 Å². The lowest BCUT2D eigenvalue weighted by molar-refractivity contribution is -0.149. The largest absolute Gasteiger partial charge is 0.507 e. The maximum absolute atomic E-state index is 12.1. The van der Waals surface area contributed by atoms with Gasteiger partial charge in [0.05, 0.1) is 5.57 Å². The fourth-order valence-corrected chi connectivity index (χ4v) is 2.43. The minimum Gasteiger partial charge on any atom is -0.507 e. The average molecular weight is 315 g/mol. The van der Waals surface area contributed by atoms with E-state index in [-0.39, 0.29) is 11.3 Å². The number of hydrogen-bond acceptors (Lipinski definition) is 4. The van der Waals surface area contributed by atoms with Crippen molar-refractivity contribution in [1.29, 1.82) is 0 Å². The molecule has 22 heavy (non-hydrogen) atoms. The van der Waals surface area contributed by atoms with E-state index in [2.05, 4.69) is 0 Å². The third-order valence-corrected chi connectivity index (χ3v) is 3.64. The monoisotopic (exact) mass is 314 g/mol. The summed E-state index contributed by atoms with van der Waals surface area (Å²) in [5.41, 5.74) is 0.961. The van der Waals surface area contributed by atoms with Crippen LogP contribution in [0.2, 0.25) is 5.02 Å². The highest BCUT2D eigenvalue weighted by Crippen LogP contribution is 2.37. The van der Waals surface area contributed by atoms with Crippen molar-refractivity contribution in [2.45, 2.75) is 6.10 Å². The van der Waals surface area contributed by atoms with E-state index in [0.717, 1.165) is 0 Å². The Balaban J connectivity index is 2.11. The third-order valence-electron chi connectivity index (χ3n) is 3.39. The van der Waals surface area contributed by atoms with Gasteiger partial charge in [0.2, 0.25) is 0 Å². The van der Waals surface area contributed by atoms with Crippen molar-refractivity contribution < 1.29 is 19.4 Å². The molecule has 1 aliphatic heterocycles. The van der Waals surface area contributed by atoms with E-state index >= 15 is 0 Å². The number of aliphatic hydroxyl groups is 1. The number of carbonyl (C=O) groups is 2. The summed E-state index contributed by atoms with van der Waals surface area (Å²) in [6.07, 6.45) is -0.933. The second-order valence-electron chi connectivity index (χ2n) is 4.79. The number of aliphatic hydroxyl groups excluding tert-OH is 1. The zero-order chi connectivity index (χ0) is 15.7. The molecule has 2 aromatic rings. The normalized spacial score (nSPS) is 20.0. The number of hydrogen-bond donors (Lipinski definition) is 1. The molecule has 1 aliphatic rings. The molecule has 0 aliphatic carbocycles. The SMILES string of the molecule is O=C1O[C@H](c2ccc(Cl)cc2)C(=C(O)c2ccccc2)C1=O. The van der Waals surface area contributed by atoms with Crippen LogP contribution >= 0.6 is 11.6 Å². The molecule has 0 saturated carbocycles. The molecule has 1 fully saturated rings. The minimum absolute atomic E-state index is 0.0569. The van der Waals surface area contributed by atoms with Crippen molar-refractivity contribution in [2.75, 3.05) is 0 Å². The van der Waals surface area contributed by atoms with Crippen LogP contribution in [0.15, 0.2) is 60.2 Å². The minimum atomic E-state index is -0.975. The molecule has 0 aromatic heterocycles. The molecular weight excluding hydrogens is 304 g/mol. The van der Waals surface area contributed by atoms with Gasteiger partial charge in [-0.05, 0) is 17.7 Å². The fourth-order valence-electron chi connectivity index (χ4n) is 2.30. The quantitative estimate of drug-likeness (QED) is 0.399. The van der Waals surface area contributed by atoms with Crippen LogP contribution in [-0.4, -0.2) is 16.9 Å². The van der Waals surface area contributed by atoms with Gasteiger partial charge < -0.3 is 9.84 Å². The van der Waals surface area contributed by atoms with Gasteiger partial charge in [-0.15, -0.1) is 0 Å². The number of benzene rings is 2. The van der Waals surface area contributed by atoms with E-state index in [4.69, 9.17) is 16.3 Å². The number of Topliss-reactive ketones (excluding diaryl/α,β-unsaturated/α-hetero) is 1. The van der Waals surface area contributed by atoms with E-state index in [1.54, 1.807) is 54.6 Å². The Kier molecular flexibility index (Phi) is 3.69. The van der Waals surface area contributed by atoms with E-state index in [1.165, 1.54) is 0 Å². The number of halogens is 1. The summed E-state index contributed by atoms with van der Waals surface area (Å²) in [5.74, 6) is -2.06. The molecular formula is C17H11ClO4. The summed E-state index contributed by atoms with van der Waals surface area (Å²) >= 11 is 5.83. The number of cyclic esters (lactones) is 1. The Hall–Kier alpha value is -2.59. The van der Waals surface area contributed by atoms with Gasteiger partial charge in [0, 0.05) is 10.6 Å². The molecule has 5 heteroatoms. The van der Waals surface area contributed by atoms with Gasteiger partial charge in [0.25, 0.3) is 5.78 Å². The van der Waals surface area contributed by atoms with Gasteiger partial charge in [0.15, 0.2) is 6.10 Å². The van der Waals surface area contributed by atoms with Gasteiger partial charge >= 0.3 is 5.97 Å². The second-order valence-corrected chi connectivity index (χ2v) is 5.23. The summed E-state index contributed by atoms with van der Waals surface area (Å²) in [6, 6.07) is 15.1. The first-order chi connectivity index (χ1) is 10.6. The highest BCUT2D eigenvalue weighted by atomic mass is 35.5. The molecule has 2 aromatic carbocycles. The molecule has 0 radical (unpaired) electrons. The molecule has 1 heterocycles. The number of carbonyl (C=O) groups excluding carboxylic acids is 2. The first-order valence-corrected chi connectivity index (χ1v) is 6.95. The predicted molar refractivity (Wildman–Crippen MR) is 81.3 cm³/mol. The first-order valence-electron chi connectivity index (χ1n) is 6.57. The molecule has 110 valence electrons. The highest BCUT2D eigenvalue weighted by Gasteiger charge is 2.42. The number of rotatable bonds is 2. The summed E-state index contributed by atoms with van der Waals surface area (Å²) in [5, 5.41) is 10.9. The van der Waals surface area contributed by atoms with Gasteiger partial charge in [0.1, 0.15) is 5.76 Å². The van der Waals surface area contributed by atoms with Crippen molar-refractivity contribution in [3.63, 3.8) is 0 Å². The van der Waals surface area contributed by atoms with Crippen molar-refractivity contribution >= 4 is 29.1 Å². The van der Waals surface area contributed by atoms with Crippen LogP contribution in [-0.2, 0) is 14.3 Å². The molecule has 0 amide bonds. The van der Waals surface area contributed by atoms with Gasteiger partial charge in [-0.2, -0.15) is 0 Å². The van der Waals surface area contributed by atoms with Crippen LogP contribution in [0.4, 0.5) is 0 Å². The summed E-state index contributed by atoms with van der Waals surface area (Å²) in [7, 11) is 0. The summed E-state index contributed by atoms with van der Waals surface area (Å²) in [6.45, 7) is 0. The van der Waals surface area contributed by atoms with Crippen molar-refractivity contribution in [3.8, 4) is 0 Å². The van der Waals surface area contributed by atoms with Crippen molar-refractivity contribution in [2.24, 2.45) is 0 Å². The number of esters is 1. The highest BCUT2D eigenvalue weighted by molar-refractivity contribution is 6.44. The van der Waals surface area contributed by atoms with Crippen LogP contribution in [0.3, 0.4) is 0 Å². The van der Waals surface area contributed by atoms with Gasteiger partial charge in [-0.3, -0.25) is 4.79 Å². The molecule has 1 atom stereocenters. The Bertz CT molecular complexity index is 763. The number of ether oxygens (including phenoxy) is 1. The smallest absolute Gasteiger partial charge is 0.380 e. The topological polar surface area (TPSA) is 63.6 Å².